The molecule has 1 atom stereocenters. The van der Waals surface area contributed by atoms with Crippen LogP contribution in [0, 0.1) is 10.1 Å². The summed E-state index contributed by atoms with van der Waals surface area (Å²) in [5, 5.41) is 16.5. The predicted molar refractivity (Wildman–Crippen MR) is 136 cm³/mol. The number of sulfonamides is 1. The van der Waals surface area contributed by atoms with Gasteiger partial charge in [-0.1, -0.05) is 37.3 Å². The van der Waals surface area contributed by atoms with Crippen LogP contribution in [0.25, 0.3) is 0 Å². The first-order chi connectivity index (χ1) is 17.1. The molecule has 0 saturated carbocycles. The summed E-state index contributed by atoms with van der Waals surface area (Å²) in [7, 11) is -4.20. The van der Waals surface area contributed by atoms with Gasteiger partial charge in [-0.3, -0.25) is 24.0 Å². The molecule has 3 aromatic rings. The second kappa shape index (κ2) is 11.5. The molecule has 0 fully saturated rings. The Hall–Kier alpha value is -4.25. The Labute approximate surface area is 209 Å². The molecule has 0 saturated heterocycles. The third-order valence-electron chi connectivity index (χ3n) is 5.40. The number of nitro groups is 1. The van der Waals surface area contributed by atoms with E-state index in [1.165, 1.54) is 24.3 Å². The summed E-state index contributed by atoms with van der Waals surface area (Å²) in [6.45, 7) is 3.16. The molecule has 0 aliphatic heterocycles. The molecule has 0 unspecified atom stereocenters. The van der Waals surface area contributed by atoms with Gasteiger partial charge in [-0.25, -0.2) is 8.42 Å². The van der Waals surface area contributed by atoms with Crippen LogP contribution in [0.5, 0.6) is 0 Å². The van der Waals surface area contributed by atoms with Crippen molar-refractivity contribution >= 4 is 38.9 Å². The normalized spacial score (nSPS) is 11.8. The molecule has 10 nitrogen and oxygen atoms in total. The lowest BCUT2D eigenvalue weighted by Crippen LogP contribution is -2.38. The van der Waals surface area contributed by atoms with E-state index in [4.69, 9.17) is 0 Å². The van der Waals surface area contributed by atoms with Crippen LogP contribution in [0.15, 0.2) is 83.8 Å². The zero-order valence-electron chi connectivity index (χ0n) is 19.7. The highest BCUT2D eigenvalue weighted by atomic mass is 32.2. The van der Waals surface area contributed by atoms with E-state index >= 15 is 0 Å². The second-order valence-corrected chi connectivity index (χ2v) is 9.84. The third-order valence-corrected chi connectivity index (χ3v) is 7.19. The SMILES string of the molecule is CC[C@H](C)NC(=O)c1ccccc1NC(=O)CN(c1ccc([N+](=O)[O-])cc1)S(=O)(=O)c1ccccc1. The van der Waals surface area contributed by atoms with Gasteiger partial charge < -0.3 is 10.6 Å². The Morgan fingerprint density at radius 2 is 1.58 bits per heavy atom. The molecule has 0 radical (unpaired) electrons. The molecule has 0 aliphatic rings. The fourth-order valence-electron chi connectivity index (χ4n) is 3.29. The smallest absolute Gasteiger partial charge is 0.269 e. The lowest BCUT2D eigenvalue weighted by molar-refractivity contribution is -0.384. The summed E-state index contributed by atoms with van der Waals surface area (Å²) in [5.74, 6) is -1.07. The minimum absolute atomic E-state index is 0.0514. The number of anilines is 2. The minimum Gasteiger partial charge on any atom is -0.350 e. The molecular formula is C25H26N4O6S. The van der Waals surface area contributed by atoms with Crippen LogP contribution in [0.3, 0.4) is 0 Å². The van der Waals surface area contributed by atoms with Gasteiger partial charge in [-0.05, 0) is 49.7 Å². The average molecular weight is 511 g/mol. The van der Waals surface area contributed by atoms with Gasteiger partial charge in [0.05, 0.1) is 26.8 Å². The maximum atomic E-state index is 13.4. The van der Waals surface area contributed by atoms with Crippen molar-refractivity contribution in [2.45, 2.75) is 31.2 Å². The minimum atomic E-state index is -4.20. The summed E-state index contributed by atoms with van der Waals surface area (Å²) in [6, 6.07) is 18.7. The van der Waals surface area contributed by atoms with E-state index in [0.29, 0.717) is 0 Å². The number of hydrogen-bond donors (Lipinski definition) is 2. The van der Waals surface area contributed by atoms with Gasteiger partial charge in [0.1, 0.15) is 6.54 Å². The first-order valence-corrected chi connectivity index (χ1v) is 12.6. The molecule has 2 N–H and O–H groups in total. The number of nitrogens with zero attached hydrogens (tertiary/aromatic N) is 2. The Kier molecular flexibility index (Phi) is 8.38. The topological polar surface area (TPSA) is 139 Å². The van der Waals surface area contributed by atoms with Crippen LogP contribution >= 0.6 is 0 Å². The lowest BCUT2D eigenvalue weighted by atomic mass is 10.1. The Morgan fingerprint density at radius 1 is 0.972 bits per heavy atom. The number of carbonyl (C=O) groups is 2. The molecule has 0 bridgehead atoms. The third kappa shape index (κ3) is 6.25. The van der Waals surface area contributed by atoms with Crippen LogP contribution in [0.4, 0.5) is 17.1 Å². The van der Waals surface area contributed by atoms with Crippen molar-refractivity contribution in [3.63, 3.8) is 0 Å². The molecule has 36 heavy (non-hydrogen) atoms. The van der Waals surface area contributed by atoms with Crippen LogP contribution in [0.2, 0.25) is 0 Å². The summed E-state index contributed by atoms with van der Waals surface area (Å²) < 4.78 is 27.7. The average Bonchev–Trinajstić information content (AvgIpc) is 2.88. The molecule has 188 valence electrons. The molecule has 0 spiro atoms. The van der Waals surface area contributed by atoms with E-state index < -0.39 is 27.4 Å². The highest BCUT2D eigenvalue weighted by Gasteiger charge is 2.28. The number of benzene rings is 3. The molecule has 0 aromatic heterocycles. The number of non-ortho nitro benzene ring substituents is 1. The van der Waals surface area contributed by atoms with Crippen molar-refractivity contribution in [2.75, 3.05) is 16.2 Å². The van der Waals surface area contributed by atoms with Crippen molar-refractivity contribution < 1.29 is 22.9 Å². The van der Waals surface area contributed by atoms with Crippen molar-refractivity contribution in [2.24, 2.45) is 0 Å². The molecule has 0 heterocycles. The summed E-state index contributed by atoms with van der Waals surface area (Å²) in [5.41, 5.74) is 0.312. The molecule has 3 aromatic carbocycles. The number of carbonyl (C=O) groups excluding carboxylic acids is 2. The number of nitro benzene ring substituents is 1. The van der Waals surface area contributed by atoms with Gasteiger partial charge in [-0.15, -0.1) is 0 Å². The largest absolute Gasteiger partial charge is 0.350 e. The summed E-state index contributed by atoms with van der Waals surface area (Å²) >= 11 is 0. The van der Waals surface area contributed by atoms with Crippen LogP contribution in [0.1, 0.15) is 30.6 Å². The van der Waals surface area contributed by atoms with E-state index in [1.54, 1.807) is 42.5 Å². The fourth-order valence-corrected chi connectivity index (χ4v) is 4.73. The van der Waals surface area contributed by atoms with E-state index in [1.807, 2.05) is 13.8 Å². The predicted octanol–water partition coefficient (Wildman–Crippen LogP) is 3.96. The number of amides is 2. The van der Waals surface area contributed by atoms with Gasteiger partial charge in [0.15, 0.2) is 0 Å². The number of rotatable bonds is 10. The fraction of sp³-hybridized carbons (Fsp3) is 0.200. The van der Waals surface area contributed by atoms with Gasteiger partial charge in [0.2, 0.25) is 5.91 Å². The first-order valence-electron chi connectivity index (χ1n) is 11.2. The lowest BCUT2D eigenvalue weighted by Gasteiger charge is -2.24. The van der Waals surface area contributed by atoms with E-state index in [2.05, 4.69) is 10.6 Å². The molecule has 11 heteroatoms. The molecular weight excluding hydrogens is 484 g/mol. The molecule has 3 rings (SSSR count). The summed E-state index contributed by atoms with van der Waals surface area (Å²) in [6.07, 6.45) is 0.724. The van der Waals surface area contributed by atoms with Crippen LogP contribution < -0.4 is 14.9 Å². The quantitative estimate of drug-likeness (QED) is 0.313. The zero-order valence-corrected chi connectivity index (χ0v) is 20.6. The molecule has 0 aliphatic carbocycles. The van der Waals surface area contributed by atoms with Crippen LogP contribution in [-0.2, 0) is 14.8 Å². The van der Waals surface area contributed by atoms with E-state index in [-0.39, 0.29) is 39.5 Å². The molecule has 2 amide bonds. The van der Waals surface area contributed by atoms with Crippen molar-refractivity contribution in [1.29, 1.82) is 0 Å². The van der Waals surface area contributed by atoms with Gasteiger partial charge >= 0.3 is 0 Å². The van der Waals surface area contributed by atoms with Crippen molar-refractivity contribution in [1.82, 2.24) is 5.32 Å². The second-order valence-electron chi connectivity index (χ2n) is 7.97. The van der Waals surface area contributed by atoms with Crippen LogP contribution in [-0.4, -0.2) is 37.7 Å². The van der Waals surface area contributed by atoms with Gasteiger partial charge in [0, 0.05) is 18.2 Å². The van der Waals surface area contributed by atoms with E-state index in [0.717, 1.165) is 22.9 Å². The standard InChI is InChI=1S/C25H26N4O6S/c1-3-18(2)26-25(31)22-11-7-8-12-23(22)27-24(30)17-28(19-13-15-20(16-14-19)29(32)33)36(34,35)21-9-5-4-6-10-21/h4-16,18H,3,17H2,1-2H3,(H,26,31)(H,27,30)/t18-/m0/s1. The number of nitrogens with one attached hydrogen (secondary N) is 2. The maximum Gasteiger partial charge on any atom is 0.269 e. The van der Waals surface area contributed by atoms with Gasteiger partial charge in [-0.2, -0.15) is 0 Å². The van der Waals surface area contributed by atoms with Crippen molar-refractivity contribution in [3.8, 4) is 0 Å². The Balaban J connectivity index is 1.92. The summed E-state index contributed by atoms with van der Waals surface area (Å²) in [4.78, 5) is 36.1. The van der Waals surface area contributed by atoms with E-state index in [9.17, 15) is 28.1 Å². The maximum absolute atomic E-state index is 13.4. The van der Waals surface area contributed by atoms with Gasteiger partial charge in [0.25, 0.3) is 21.6 Å². The highest BCUT2D eigenvalue weighted by Crippen LogP contribution is 2.26. The monoisotopic (exact) mass is 510 g/mol. The number of hydrogen-bond acceptors (Lipinski definition) is 6. The van der Waals surface area contributed by atoms with Crippen molar-refractivity contribution in [3.05, 3.63) is 94.5 Å². The Bertz CT molecular complexity index is 1340. The first kappa shape index (κ1) is 26.4. The Morgan fingerprint density at radius 3 is 2.19 bits per heavy atom. The number of para-hydroxylation sites is 1. The highest BCUT2D eigenvalue weighted by molar-refractivity contribution is 7.92. The zero-order chi connectivity index (χ0) is 26.3.